The number of hydrogen-bond donors (Lipinski definition) is 1. The standard InChI is InChI=1S/C17H37O2P/c1-5-9-11-13-15(7-3)17(19-20-18)16(8-4)14-12-10-6-2/h15-18,20H,5-14H2,1-4H3. The summed E-state index contributed by atoms with van der Waals surface area (Å²) in [4.78, 5) is 9.27. The van der Waals surface area contributed by atoms with E-state index in [9.17, 15) is 4.89 Å². The highest BCUT2D eigenvalue weighted by molar-refractivity contribution is 7.25. The van der Waals surface area contributed by atoms with Crippen molar-refractivity contribution in [2.45, 2.75) is 98.0 Å². The Balaban J connectivity index is 4.49. The Morgan fingerprint density at radius 2 is 1.25 bits per heavy atom. The molecule has 0 aromatic heterocycles. The van der Waals surface area contributed by atoms with Crippen LogP contribution in [-0.4, -0.2) is 11.0 Å². The van der Waals surface area contributed by atoms with E-state index in [0.717, 1.165) is 0 Å². The average Bonchev–Trinajstić information content (AvgIpc) is 2.47. The Labute approximate surface area is 129 Å². The van der Waals surface area contributed by atoms with Gasteiger partial charge in [-0.1, -0.05) is 79.1 Å². The summed E-state index contributed by atoms with van der Waals surface area (Å²) in [5.74, 6) is 1.24. The summed E-state index contributed by atoms with van der Waals surface area (Å²) < 4.78 is 5.79. The highest BCUT2D eigenvalue weighted by atomic mass is 31.1. The monoisotopic (exact) mass is 304 g/mol. The van der Waals surface area contributed by atoms with Crippen LogP contribution in [0.15, 0.2) is 0 Å². The van der Waals surface area contributed by atoms with Crippen molar-refractivity contribution < 1.29 is 9.42 Å². The molecule has 20 heavy (non-hydrogen) atoms. The molecule has 0 rings (SSSR count). The number of rotatable bonds is 14. The van der Waals surface area contributed by atoms with Crippen LogP contribution in [0.25, 0.3) is 0 Å². The Hall–Kier alpha value is 0.350. The molecule has 0 saturated carbocycles. The molecule has 0 amide bonds. The SMILES string of the molecule is CCCCCC(CC)C(OPO)C(CC)CCCCC. The second-order valence-corrected chi connectivity index (χ2v) is 6.42. The summed E-state index contributed by atoms with van der Waals surface area (Å²) in [6.07, 6.45) is 12.9. The molecule has 0 spiro atoms. The molecule has 2 nitrogen and oxygen atoms in total. The zero-order valence-electron chi connectivity index (χ0n) is 14.2. The molecular weight excluding hydrogens is 267 g/mol. The lowest BCUT2D eigenvalue weighted by atomic mass is 9.82. The third kappa shape index (κ3) is 8.60. The van der Waals surface area contributed by atoms with Gasteiger partial charge in [0.25, 0.3) is 0 Å². The van der Waals surface area contributed by atoms with E-state index in [2.05, 4.69) is 27.7 Å². The third-order valence-electron chi connectivity index (χ3n) is 4.52. The maximum atomic E-state index is 9.27. The van der Waals surface area contributed by atoms with Gasteiger partial charge >= 0.3 is 0 Å². The van der Waals surface area contributed by atoms with Crippen LogP contribution in [0.2, 0.25) is 0 Å². The Bertz CT molecular complexity index is 181. The van der Waals surface area contributed by atoms with Crippen molar-refractivity contribution >= 4 is 9.03 Å². The summed E-state index contributed by atoms with van der Waals surface area (Å²) in [6, 6.07) is 0. The summed E-state index contributed by atoms with van der Waals surface area (Å²) >= 11 is 0. The van der Waals surface area contributed by atoms with Crippen LogP contribution in [0.4, 0.5) is 0 Å². The first kappa shape index (κ1) is 20.3. The molecule has 3 heteroatoms. The lowest BCUT2D eigenvalue weighted by Gasteiger charge is -2.32. The van der Waals surface area contributed by atoms with Gasteiger partial charge in [-0.25, -0.2) is 0 Å². The molecule has 3 atom stereocenters. The molecule has 0 fully saturated rings. The van der Waals surface area contributed by atoms with Gasteiger partial charge in [-0.3, -0.25) is 0 Å². The predicted octanol–water partition coefficient (Wildman–Crippen LogP) is 6.09. The fourth-order valence-electron chi connectivity index (χ4n) is 3.15. The van der Waals surface area contributed by atoms with E-state index in [1.54, 1.807) is 0 Å². The molecule has 0 aliphatic heterocycles. The molecule has 0 saturated heterocycles. The van der Waals surface area contributed by atoms with Gasteiger partial charge in [0, 0.05) is 0 Å². The predicted molar refractivity (Wildman–Crippen MR) is 91.3 cm³/mol. The Morgan fingerprint density at radius 1 is 0.800 bits per heavy atom. The minimum atomic E-state index is -0.360. The van der Waals surface area contributed by atoms with Crippen LogP contribution in [0.3, 0.4) is 0 Å². The molecule has 0 radical (unpaired) electrons. The first-order chi connectivity index (χ1) is 9.74. The van der Waals surface area contributed by atoms with Gasteiger partial charge in [0.2, 0.25) is 0 Å². The molecular formula is C17H37O2P. The topological polar surface area (TPSA) is 29.5 Å². The van der Waals surface area contributed by atoms with E-state index in [0.29, 0.717) is 11.8 Å². The van der Waals surface area contributed by atoms with Crippen molar-refractivity contribution in [2.75, 3.05) is 0 Å². The molecule has 0 aliphatic rings. The Morgan fingerprint density at radius 3 is 1.55 bits per heavy atom. The van der Waals surface area contributed by atoms with Gasteiger partial charge in [-0.2, -0.15) is 0 Å². The summed E-state index contributed by atoms with van der Waals surface area (Å²) in [7, 11) is -0.360. The molecule has 3 unspecified atom stereocenters. The second kappa shape index (κ2) is 14.3. The van der Waals surface area contributed by atoms with Crippen LogP contribution in [-0.2, 0) is 4.52 Å². The molecule has 0 bridgehead atoms. The largest absolute Gasteiger partial charge is 0.352 e. The van der Waals surface area contributed by atoms with Gasteiger partial charge in [0.15, 0.2) is 9.03 Å². The van der Waals surface area contributed by atoms with Crippen molar-refractivity contribution in [3.63, 3.8) is 0 Å². The van der Waals surface area contributed by atoms with Crippen LogP contribution >= 0.6 is 9.03 Å². The maximum absolute atomic E-state index is 9.27. The molecule has 1 N–H and O–H groups in total. The van der Waals surface area contributed by atoms with Crippen LogP contribution < -0.4 is 0 Å². The Kier molecular flexibility index (Phi) is 14.5. The van der Waals surface area contributed by atoms with Gasteiger partial charge in [-0.15, -0.1) is 0 Å². The third-order valence-corrected chi connectivity index (χ3v) is 4.90. The lowest BCUT2D eigenvalue weighted by molar-refractivity contribution is 0.0655. The minimum absolute atomic E-state index is 0.266. The maximum Gasteiger partial charge on any atom is 0.152 e. The number of hydrogen-bond acceptors (Lipinski definition) is 2. The van der Waals surface area contributed by atoms with Crippen molar-refractivity contribution in [3.05, 3.63) is 0 Å². The van der Waals surface area contributed by atoms with Crippen LogP contribution in [0.5, 0.6) is 0 Å². The van der Waals surface area contributed by atoms with Crippen molar-refractivity contribution in [3.8, 4) is 0 Å². The first-order valence-electron chi connectivity index (χ1n) is 8.79. The van der Waals surface area contributed by atoms with E-state index in [-0.39, 0.29) is 15.1 Å². The molecule has 0 aliphatic carbocycles. The molecule has 0 aromatic rings. The van der Waals surface area contributed by atoms with E-state index in [4.69, 9.17) is 4.52 Å². The van der Waals surface area contributed by atoms with Gasteiger partial charge in [0.1, 0.15) is 0 Å². The van der Waals surface area contributed by atoms with Gasteiger partial charge in [-0.05, 0) is 24.7 Å². The van der Waals surface area contributed by atoms with E-state index in [1.807, 2.05) is 0 Å². The highest BCUT2D eigenvalue weighted by Crippen LogP contribution is 2.33. The zero-order chi connectivity index (χ0) is 15.2. The van der Waals surface area contributed by atoms with Crippen molar-refractivity contribution in [1.29, 1.82) is 0 Å². The first-order valence-corrected chi connectivity index (χ1v) is 9.65. The number of unbranched alkanes of at least 4 members (excludes halogenated alkanes) is 4. The smallest absolute Gasteiger partial charge is 0.152 e. The molecule has 0 aromatic carbocycles. The van der Waals surface area contributed by atoms with Crippen LogP contribution in [0.1, 0.15) is 91.9 Å². The second-order valence-electron chi connectivity index (χ2n) is 6.00. The fourth-order valence-corrected chi connectivity index (χ4v) is 3.66. The zero-order valence-corrected chi connectivity index (χ0v) is 15.2. The summed E-state index contributed by atoms with van der Waals surface area (Å²) in [6.45, 7) is 9.05. The normalized spacial score (nSPS) is 16.6. The van der Waals surface area contributed by atoms with Crippen molar-refractivity contribution in [1.82, 2.24) is 0 Å². The minimum Gasteiger partial charge on any atom is -0.352 e. The fraction of sp³-hybridized carbons (Fsp3) is 1.00. The van der Waals surface area contributed by atoms with E-state index in [1.165, 1.54) is 64.2 Å². The van der Waals surface area contributed by atoms with Crippen molar-refractivity contribution in [2.24, 2.45) is 11.8 Å². The van der Waals surface area contributed by atoms with Gasteiger partial charge < -0.3 is 9.42 Å². The van der Waals surface area contributed by atoms with E-state index >= 15 is 0 Å². The van der Waals surface area contributed by atoms with Crippen LogP contribution in [0, 0.1) is 11.8 Å². The molecule has 0 heterocycles. The summed E-state index contributed by atoms with van der Waals surface area (Å²) in [5.41, 5.74) is 0. The summed E-state index contributed by atoms with van der Waals surface area (Å²) in [5, 5.41) is 0. The highest BCUT2D eigenvalue weighted by Gasteiger charge is 2.27. The quantitative estimate of drug-likeness (QED) is 0.311. The van der Waals surface area contributed by atoms with E-state index < -0.39 is 0 Å². The average molecular weight is 304 g/mol. The lowest BCUT2D eigenvalue weighted by Crippen LogP contribution is -2.30. The van der Waals surface area contributed by atoms with Gasteiger partial charge in [0.05, 0.1) is 6.10 Å². The molecule has 122 valence electrons.